The molecule has 28 heavy (non-hydrogen) atoms. The van der Waals surface area contributed by atoms with E-state index in [-0.39, 0.29) is 11.7 Å². The van der Waals surface area contributed by atoms with Crippen LogP contribution in [-0.2, 0) is 10.2 Å². The number of pyridine rings is 1. The number of carbonyl (C=O) groups is 1. The Morgan fingerprint density at radius 3 is 2.61 bits per heavy atom. The Labute approximate surface area is 171 Å². The highest BCUT2D eigenvalue weighted by Gasteiger charge is 2.41. The highest BCUT2D eigenvalue weighted by Crippen LogP contribution is 2.39. The Hall–Kier alpha value is -2.47. The highest BCUT2D eigenvalue weighted by atomic mass is 79.9. The van der Waals surface area contributed by atoms with Crippen LogP contribution in [0.4, 0.5) is 4.79 Å². The number of piperidine rings is 1. The van der Waals surface area contributed by atoms with Crippen molar-refractivity contribution < 1.29 is 9.53 Å². The van der Waals surface area contributed by atoms with Crippen LogP contribution in [-0.4, -0.2) is 44.6 Å². The highest BCUT2D eigenvalue weighted by molar-refractivity contribution is 9.10. The second-order valence-corrected chi connectivity index (χ2v) is 8.79. The molecule has 0 spiro atoms. The Kier molecular flexibility index (Phi) is 5.19. The topological polar surface area (TPSA) is 112 Å². The van der Waals surface area contributed by atoms with Crippen LogP contribution in [0.1, 0.15) is 45.1 Å². The molecular formula is C19H22BrN5O3. The molecule has 1 aliphatic heterocycles. The largest absolute Gasteiger partial charge is 0.444 e. The average molecular weight is 448 g/mol. The van der Waals surface area contributed by atoms with Gasteiger partial charge in [0.2, 0.25) is 0 Å². The van der Waals surface area contributed by atoms with E-state index in [0.717, 1.165) is 0 Å². The van der Waals surface area contributed by atoms with E-state index in [1.165, 1.54) is 6.20 Å². The summed E-state index contributed by atoms with van der Waals surface area (Å²) >= 11 is 3.47. The third kappa shape index (κ3) is 3.74. The second-order valence-electron chi connectivity index (χ2n) is 7.99. The third-order valence-corrected chi connectivity index (χ3v) is 5.52. The summed E-state index contributed by atoms with van der Waals surface area (Å²) in [5.41, 5.74) is -0.783. The molecule has 3 rings (SSSR count). The van der Waals surface area contributed by atoms with Crippen molar-refractivity contribution in [2.24, 2.45) is 0 Å². The van der Waals surface area contributed by atoms with Crippen molar-refractivity contribution in [1.29, 1.82) is 5.26 Å². The molecule has 0 atom stereocenters. The molecule has 0 bridgehead atoms. The number of aromatic nitrogens is 3. The average Bonchev–Trinajstić information content (AvgIpc) is 2.60. The summed E-state index contributed by atoms with van der Waals surface area (Å²) in [6.07, 6.45) is 1.94. The Bertz CT molecular complexity index is 1030. The summed E-state index contributed by atoms with van der Waals surface area (Å²) in [5, 5.41) is 10.3. The molecule has 1 amide bonds. The van der Waals surface area contributed by atoms with E-state index in [4.69, 9.17) is 4.74 Å². The van der Waals surface area contributed by atoms with Gasteiger partial charge in [-0.15, -0.1) is 0 Å². The Morgan fingerprint density at radius 1 is 1.39 bits per heavy atom. The molecule has 1 saturated heterocycles. The van der Waals surface area contributed by atoms with E-state index in [0.29, 0.717) is 52.8 Å². The van der Waals surface area contributed by atoms with Crippen molar-refractivity contribution in [1.82, 2.24) is 19.9 Å². The molecule has 0 unspecified atom stereocenters. The SMILES string of the molecule is Cc1nc2cnc(C3(C#N)CCN(C(=O)OC(C)(C)C)CC3)c(Br)c2c(=O)[nH]1. The molecule has 2 aromatic rings. The molecule has 8 nitrogen and oxygen atoms in total. The first kappa shape index (κ1) is 20.3. The number of nitriles is 1. The zero-order chi connectivity index (χ0) is 20.7. The van der Waals surface area contributed by atoms with Gasteiger partial charge >= 0.3 is 6.09 Å². The van der Waals surface area contributed by atoms with Crippen molar-refractivity contribution >= 4 is 32.9 Å². The standard InChI is InChI=1S/C19H22BrN5O3/c1-11-23-12-9-22-15(14(20)13(12)16(26)24-11)19(10-21)5-7-25(8-6-19)17(27)28-18(2,3)4/h9H,5-8H2,1-4H3,(H,23,24,26). The predicted octanol–water partition coefficient (Wildman–Crippen LogP) is 3.18. The van der Waals surface area contributed by atoms with Gasteiger partial charge in [0.25, 0.3) is 5.56 Å². The van der Waals surface area contributed by atoms with Gasteiger partial charge < -0.3 is 14.6 Å². The van der Waals surface area contributed by atoms with E-state index in [1.807, 2.05) is 20.8 Å². The summed E-state index contributed by atoms with van der Waals surface area (Å²) in [6.45, 7) is 7.90. The lowest BCUT2D eigenvalue weighted by Gasteiger charge is -2.37. The number of ether oxygens (including phenoxy) is 1. The van der Waals surface area contributed by atoms with Crippen molar-refractivity contribution in [2.75, 3.05) is 13.1 Å². The van der Waals surface area contributed by atoms with Crippen molar-refractivity contribution in [3.63, 3.8) is 0 Å². The minimum Gasteiger partial charge on any atom is -0.444 e. The fraction of sp³-hybridized carbons (Fsp3) is 0.526. The lowest BCUT2D eigenvalue weighted by molar-refractivity contribution is 0.0184. The number of H-pyrrole nitrogens is 1. The number of fused-ring (bicyclic) bond motifs is 1. The minimum atomic E-state index is -0.900. The number of hydrogen-bond acceptors (Lipinski definition) is 6. The minimum absolute atomic E-state index is 0.280. The van der Waals surface area contributed by atoms with E-state index in [1.54, 1.807) is 11.8 Å². The lowest BCUT2D eigenvalue weighted by Crippen LogP contribution is -2.46. The summed E-state index contributed by atoms with van der Waals surface area (Å²) in [5.74, 6) is 0.500. The maximum Gasteiger partial charge on any atom is 0.410 e. The monoisotopic (exact) mass is 447 g/mol. The molecule has 0 radical (unpaired) electrons. The first-order valence-corrected chi connectivity index (χ1v) is 9.80. The molecule has 1 N–H and O–H groups in total. The number of amides is 1. The second kappa shape index (κ2) is 7.17. The van der Waals surface area contributed by atoms with Gasteiger partial charge in [0.1, 0.15) is 16.8 Å². The van der Waals surface area contributed by atoms with Crippen molar-refractivity contribution in [2.45, 2.75) is 51.6 Å². The molecule has 148 valence electrons. The summed E-state index contributed by atoms with van der Waals surface area (Å²) in [4.78, 5) is 37.8. The van der Waals surface area contributed by atoms with E-state index in [2.05, 4.69) is 37.0 Å². The van der Waals surface area contributed by atoms with Crippen molar-refractivity contribution in [3.8, 4) is 6.07 Å². The van der Waals surface area contributed by atoms with Crippen LogP contribution < -0.4 is 5.56 Å². The van der Waals surface area contributed by atoms with Crippen LogP contribution in [0.15, 0.2) is 15.5 Å². The van der Waals surface area contributed by atoms with Crippen LogP contribution in [0.3, 0.4) is 0 Å². The number of aryl methyl sites for hydroxylation is 1. The zero-order valence-corrected chi connectivity index (χ0v) is 17.9. The first-order valence-electron chi connectivity index (χ1n) is 9.01. The number of rotatable bonds is 1. The molecule has 0 aliphatic carbocycles. The van der Waals surface area contributed by atoms with Crippen LogP contribution in [0.5, 0.6) is 0 Å². The predicted molar refractivity (Wildman–Crippen MR) is 107 cm³/mol. The van der Waals surface area contributed by atoms with Gasteiger partial charge in [-0.1, -0.05) is 0 Å². The van der Waals surface area contributed by atoms with Crippen LogP contribution in [0, 0.1) is 18.3 Å². The van der Waals surface area contributed by atoms with Crippen LogP contribution in [0.25, 0.3) is 10.9 Å². The van der Waals surface area contributed by atoms with E-state index in [9.17, 15) is 14.9 Å². The Balaban J connectivity index is 1.93. The zero-order valence-electron chi connectivity index (χ0n) is 16.3. The number of carbonyl (C=O) groups excluding carboxylic acids is 1. The third-order valence-electron chi connectivity index (χ3n) is 4.75. The van der Waals surface area contributed by atoms with Crippen LogP contribution in [0.2, 0.25) is 0 Å². The fourth-order valence-corrected chi connectivity index (χ4v) is 4.21. The summed E-state index contributed by atoms with van der Waals surface area (Å²) in [7, 11) is 0. The van der Waals surface area contributed by atoms with Gasteiger partial charge in [-0.25, -0.2) is 9.78 Å². The fourth-order valence-electron chi connectivity index (χ4n) is 3.35. The number of hydrogen-bond donors (Lipinski definition) is 1. The number of halogens is 1. The Morgan fingerprint density at radius 2 is 2.04 bits per heavy atom. The first-order chi connectivity index (χ1) is 13.1. The molecule has 3 heterocycles. The summed E-state index contributed by atoms with van der Waals surface area (Å²) in [6, 6.07) is 2.37. The molecular weight excluding hydrogens is 426 g/mol. The molecule has 9 heteroatoms. The maximum absolute atomic E-state index is 12.4. The normalized spacial score (nSPS) is 16.6. The van der Waals surface area contributed by atoms with Gasteiger partial charge in [-0.05, 0) is 56.5 Å². The molecule has 0 aromatic carbocycles. The van der Waals surface area contributed by atoms with Crippen molar-refractivity contribution in [3.05, 3.63) is 32.5 Å². The van der Waals surface area contributed by atoms with E-state index >= 15 is 0 Å². The van der Waals surface area contributed by atoms with Gasteiger partial charge in [0.15, 0.2) is 0 Å². The lowest BCUT2D eigenvalue weighted by atomic mass is 9.76. The molecule has 1 aliphatic rings. The quantitative estimate of drug-likeness (QED) is 0.717. The smallest absolute Gasteiger partial charge is 0.410 e. The molecule has 0 saturated carbocycles. The maximum atomic E-state index is 12.4. The van der Waals surface area contributed by atoms with Gasteiger partial charge in [0.05, 0.1) is 33.3 Å². The van der Waals surface area contributed by atoms with Crippen LogP contribution >= 0.6 is 15.9 Å². The van der Waals surface area contributed by atoms with E-state index < -0.39 is 11.0 Å². The molecule has 1 fully saturated rings. The molecule has 2 aromatic heterocycles. The number of nitrogens with zero attached hydrogens (tertiary/aromatic N) is 4. The number of aromatic amines is 1. The summed E-state index contributed by atoms with van der Waals surface area (Å²) < 4.78 is 5.90. The van der Waals surface area contributed by atoms with Gasteiger partial charge in [0, 0.05) is 13.1 Å². The van der Waals surface area contributed by atoms with Gasteiger partial charge in [-0.2, -0.15) is 5.26 Å². The number of likely N-dealkylation sites (tertiary alicyclic amines) is 1. The number of nitrogens with one attached hydrogen (secondary N) is 1. The van der Waals surface area contributed by atoms with Gasteiger partial charge in [-0.3, -0.25) is 9.78 Å².